The van der Waals surface area contributed by atoms with Crippen LogP contribution >= 0.6 is 27.3 Å². The minimum Gasteiger partial charge on any atom is -0.369 e. The molecule has 1 fully saturated rings. The van der Waals surface area contributed by atoms with Crippen molar-refractivity contribution in [1.29, 1.82) is 0 Å². The minimum atomic E-state index is -0.448. The third-order valence-electron chi connectivity index (χ3n) is 3.71. The van der Waals surface area contributed by atoms with Gasteiger partial charge >= 0.3 is 0 Å². The molecule has 2 amide bonds. The number of hydrogen-bond acceptors (Lipinski definition) is 4. The maximum atomic E-state index is 12.6. The van der Waals surface area contributed by atoms with E-state index in [0.717, 1.165) is 22.9 Å². The predicted octanol–water partition coefficient (Wildman–Crippen LogP) is 2.60. The van der Waals surface area contributed by atoms with Crippen LogP contribution in [0.2, 0.25) is 0 Å². The van der Waals surface area contributed by atoms with E-state index in [-0.39, 0.29) is 12.3 Å². The van der Waals surface area contributed by atoms with Crippen LogP contribution in [0.1, 0.15) is 24.1 Å². The summed E-state index contributed by atoms with van der Waals surface area (Å²) >= 11 is 4.70. The van der Waals surface area contributed by atoms with Gasteiger partial charge in [-0.05, 0) is 30.5 Å². The lowest BCUT2D eigenvalue weighted by molar-refractivity contribution is -0.118. The van der Waals surface area contributed by atoms with Crippen LogP contribution in [0.25, 0.3) is 0 Å². The summed E-state index contributed by atoms with van der Waals surface area (Å²) in [5.74, 6) is -0.480. The highest BCUT2D eigenvalue weighted by atomic mass is 79.9. The van der Waals surface area contributed by atoms with Gasteiger partial charge in [0.2, 0.25) is 11.8 Å². The smallest absolute Gasteiger partial charge is 0.236 e. The first-order valence-electron chi connectivity index (χ1n) is 6.80. The number of anilines is 1. The molecule has 0 radical (unpaired) electrons. The van der Waals surface area contributed by atoms with Crippen LogP contribution < -0.4 is 11.1 Å². The van der Waals surface area contributed by atoms with Crippen LogP contribution in [0.5, 0.6) is 0 Å². The Morgan fingerprint density at radius 3 is 2.59 bits per heavy atom. The monoisotopic (exact) mass is 379 g/mol. The van der Waals surface area contributed by atoms with Crippen LogP contribution in [-0.2, 0) is 21.4 Å². The molecule has 1 aliphatic rings. The molecular weight excluding hydrogens is 366 g/mol. The van der Waals surface area contributed by atoms with E-state index >= 15 is 0 Å². The molecule has 0 spiro atoms. The van der Waals surface area contributed by atoms with Crippen molar-refractivity contribution in [1.82, 2.24) is 4.98 Å². The summed E-state index contributed by atoms with van der Waals surface area (Å²) in [6.07, 6.45) is 1.75. The third kappa shape index (κ3) is 3.05. The Hall–Kier alpha value is -1.73. The SMILES string of the molecule is NC(=O)Cc1csc(NC(=O)C2(c3ccc(Br)cc3)CC2)n1. The van der Waals surface area contributed by atoms with E-state index in [1.165, 1.54) is 11.3 Å². The molecular formula is C15H14BrN3O2S. The molecule has 0 unspecified atom stereocenters. The largest absolute Gasteiger partial charge is 0.369 e. The molecule has 1 aliphatic carbocycles. The molecule has 0 saturated heterocycles. The Kier molecular flexibility index (Phi) is 4.01. The highest BCUT2D eigenvalue weighted by molar-refractivity contribution is 9.10. The first kappa shape index (κ1) is 15.2. The highest BCUT2D eigenvalue weighted by Crippen LogP contribution is 2.49. The fourth-order valence-corrected chi connectivity index (χ4v) is 3.35. The van der Waals surface area contributed by atoms with Gasteiger partial charge < -0.3 is 11.1 Å². The molecule has 1 heterocycles. The first-order chi connectivity index (χ1) is 10.5. The van der Waals surface area contributed by atoms with Crippen molar-refractivity contribution in [2.45, 2.75) is 24.7 Å². The maximum absolute atomic E-state index is 12.6. The topological polar surface area (TPSA) is 85.1 Å². The van der Waals surface area contributed by atoms with Gasteiger partial charge in [-0.25, -0.2) is 4.98 Å². The van der Waals surface area contributed by atoms with Crippen LogP contribution in [-0.4, -0.2) is 16.8 Å². The number of rotatable bonds is 5. The van der Waals surface area contributed by atoms with Crippen LogP contribution in [0, 0.1) is 0 Å². The van der Waals surface area contributed by atoms with Gasteiger partial charge in [-0.15, -0.1) is 11.3 Å². The zero-order valence-corrected chi connectivity index (χ0v) is 14.0. The molecule has 7 heteroatoms. The number of carbonyl (C=O) groups is 2. The lowest BCUT2D eigenvalue weighted by Gasteiger charge is -2.14. The first-order valence-corrected chi connectivity index (χ1v) is 8.47. The molecule has 3 N–H and O–H groups in total. The number of aromatic nitrogens is 1. The van der Waals surface area contributed by atoms with Crippen molar-refractivity contribution >= 4 is 44.2 Å². The highest BCUT2D eigenvalue weighted by Gasteiger charge is 2.51. The molecule has 3 rings (SSSR count). The molecule has 114 valence electrons. The Balaban J connectivity index is 1.73. The van der Waals surface area contributed by atoms with Gasteiger partial charge in [0.05, 0.1) is 17.5 Å². The van der Waals surface area contributed by atoms with Gasteiger partial charge in [0.15, 0.2) is 5.13 Å². The summed E-state index contributed by atoms with van der Waals surface area (Å²) in [6.45, 7) is 0. The molecule has 5 nitrogen and oxygen atoms in total. The standard InChI is InChI=1S/C15H14BrN3O2S/c16-10-3-1-9(2-4-10)15(5-6-15)13(21)19-14-18-11(8-22-14)7-12(17)20/h1-4,8H,5-7H2,(H2,17,20)(H,18,19,21). The second-order valence-electron chi connectivity index (χ2n) is 5.33. The Morgan fingerprint density at radius 1 is 1.32 bits per heavy atom. The molecule has 2 aromatic rings. The predicted molar refractivity (Wildman–Crippen MR) is 88.7 cm³/mol. The minimum absolute atomic E-state index is 0.0465. The second kappa shape index (κ2) is 5.81. The number of thiazole rings is 1. The number of halogens is 1. The lowest BCUT2D eigenvalue weighted by Crippen LogP contribution is -2.27. The third-order valence-corrected chi connectivity index (χ3v) is 5.04. The molecule has 0 atom stereocenters. The number of hydrogen-bond donors (Lipinski definition) is 2. The molecule has 1 saturated carbocycles. The Bertz CT molecular complexity index is 723. The van der Waals surface area contributed by atoms with E-state index in [1.54, 1.807) is 5.38 Å². The maximum Gasteiger partial charge on any atom is 0.236 e. The zero-order valence-electron chi connectivity index (χ0n) is 11.6. The molecule has 22 heavy (non-hydrogen) atoms. The quantitative estimate of drug-likeness (QED) is 0.836. The van der Waals surface area contributed by atoms with E-state index in [1.807, 2.05) is 24.3 Å². The van der Waals surface area contributed by atoms with Gasteiger partial charge in [0, 0.05) is 9.85 Å². The van der Waals surface area contributed by atoms with E-state index in [2.05, 4.69) is 26.2 Å². The average molecular weight is 380 g/mol. The molecule has 0 bridgehead atoms. The van der Waals surface area contributed by atoms with E-state index in [0.29, 0.717) is 10.8 Å². The Labute approximate surface area is 140 Å². The number of benzene rings is 1. The van der Waals surface area contributed by atoms with Crippen molar-refractivity contribution in [3.8, 4) is 0 Å². The van der Waals surface area contributed by atoms with Gasteiger partial charge in [-0.2, -0.15) is 0 Å². The summed E-state index contributed by atoms with van der Waals surface area (Å²) in [7, 11) is 0. The van der Waals surface area contributed by atoms with E-state index in [4.69, 9.17) is 5.73 Å². The Morgan fingerprint density at radius 2 is 2.00 bits per heavy atom. The molecule has 1 aromatic carbocycles. The van der Waals surface area contributed by atoms with Gasteiger partial charge in [0.1, 0.15) is 0 Å². The fourth-order valence-electron chi connectivity index (χ4n) is 2.38. The van der Waals surface area contributed by atoms with Gasteiger partial charge in [-0.3, -0.25) is 9.59 Å². The normalized spacial score (nSPS) is 15.3. The van der Waals surface area contributed by atoms with E-state index in [9.17, 15) is 9.59 Å². The number of carbonyl (C=O) groups excluding carboxylic acids is 2. The summed E-state index contributed by atoms with van der Waals surface area (Å²) in [4.78, 5) is 27.7. The average Bonchev–Trinajstić information content (AvgIpc) is 3.17. The van der Waals surface area contributed by atoms with Gasteiger partial charge in [-0.1, -0.05) is 28.1 Å². The van der Waals surface area contributed by atoms with Crippen molar-refractivity contribution < 1.29 is 9.59 Å². The van der Waals surface area contributed by atoms with E-state index < -0.39 is 11.3 Å². The van der Waals surface area contributed by atoms with Crippen molar-refractivity contribution in [3.63, 3.8) is 0 Å². The number of amides is 2. The summed E-state index contributed by atoms with van der Waals surface area (Å²) in [5.41, 5.74) is 6.29. The molecule has 0 aliphatic heterocycles. The lowest BCUT2D eigenvalue weighted by atomic mass is 9.95. The number of nitrogens with zero attached hydrogens (tertiary/aromatic N) is 1. The number of primary amides is 1. The van der Waals surface area contributed by atoms with Crippen molar-refractivity contribution in [3.05, 3.63) is 45.4 Å². The van der Waals surface area contributed by atoms with Crippen LogP contribution in [0.15, 0.2) is 34.1 Å². The summed E-state index contributed by atoms with van der Waals surface area (Å²) < 4.78 is 0.989. The van der Waals surface area contributed by atoms with Crippen LogP contribution in [0.4, 0.5) is 5.13 Å². The van der Waals surface area contributed by atoms with Crippen molar-refractivity contribution in [2.24, 2.45) is 5.73 Å². The molecule has 1 aromatic heterocycles. The summed E-state index contributed by atoms with van der Waals surface area (Å²) in [5, 5.41) is 5.10. The second-order valence-corrected chi connectivity index (χ2v) is 7.10. The zero-order chi connectivity index (χ0) is 15.7. The fraction of sp³-hybridized carbons (Fsp3) is 0.267. The van der Waals surface area contributed by atoms with Crippen molar-refractivity contribution in [2.75, 3.05) is 5.32 Å². The summed E-state index contributed by atoms with van der Waals surface area (Å²) in [6, 6.07) is 7.82. The van der Waals surface area contributed by atoms with Crippen LogP contribution in [0.3, 0.4) is 0 Å². The number of nitrogens with two attached hydrogens (primary N) is 1. The van der Waals surface area contributed by atoms with Gasteiger partial charge in [0.25, 0.3) is 0 Å². The number of nitrogens with one attached hydrogen (secondary N) is 1.